The molecule has 2 heterocycles. The van der Waals surface area contributed by atoms with Crippen molar-refractivity contribution in [1.29, 1.82) is 0 Å². The van der Waals surface area contributed by atoms with Crippen LogP contribution >= 0.6 is 0 Å². The van der Waals surface area contributed by atoms with Crippen molar-refractivity contribution in [2.75, 3.05) is 5.43 Å². The monoisotopic (exact) mass is 287 g/mol. The van der Waals surface area contributed by atoms with Gasteiger partial charge in [0.1, 0.15) is 0 Å². The fourth-order valence-electron chi connectivity index (χ4n) is 2.47. The number of anilines is 1. The maximum absolute atomic E-state index is 4.29. The molecule has 4 rings (SSSR count). The van der Waals surface area contributed by atoms with Gasteiger partial charge in [0.2, 0.25) is 0 Å². The van der Waals surface area contributed by atoms with E-state index in [2.05, 4.69) is 31.8 Å². The zero-order valence-corrected chi connectivity index (χ0v) is 11.7. The first-order valence-electron chi connectivity index (χ1n) is 6.97. The van der Waals surface area contributed by atoms with E-state index >= 15 is 0 Å². The van der Waals surface area contributed by atoms with Crippen LogP contribution in [0.15, 0.2) is 66.0 Å². The third-order valence-corrected chi connectivity index (χ3v) is 3.57. The number of hydrogen-bond acceptors (Lipinski definition) is 4. The fraction of sp³-hybridized carbons (Fsp3) is 0. The van der Waals surface area contributed by atoms with Crippen molar-refractivity contribution in [3.8, 4) is 0 Å². The topological polar surface area (TPSA) is 66.0 Å². The molecule has 5 heteroatoms. The van der Waals surface area contributed by atoms with Crippen molar-refractivity contribution in [2.45, 2.75) is 0 Å². The van der Waals surface area contributed by atoms with Crippen LogP contribution in [-0.4, -0.2) is 21.4 Å². The molecule has 0 aliphatic rings. The summed E-state index contributed by atoms with van der Waals surface area (Å²) < 4.78 is 0. The number of H-pyrrole nitrogens is 1. The fourth-order valence-corrected chi connectivity index (χ4v) is 2.47. The Labute approximate surface area is 126 Å². The number of aromatic nitrogens is 3. The van der Waals surface area contributed by atoms with Gasteiger partial charge in [-0.25, -0.2) is 0 Å². The molecule has 0 saturated heterocycles. The lowest BCUT2D eigenvalue weighted by Gasteiger charge is -2.02. The van der Waals surface area contributed by atoms with E-state index in [1.165, 1.54) is 0 Å². The van der Waals surface area contributed by atoms with Gasteiger partial charge in [-0.15, -0.1) is 5.10 Å². The molecular formula is C17H13N5. The smallest absolute Gasteiger partial charge is 0.176 e. The van der Waals surface area contributed by atoms with Gasteiger partial charge < -0.3 is 4.98 Å². The summed E-state index contributed by atoms with van der Waals surface area (Å²) in [5.74, 6) is 0.647. The molecule has 0 amide bonds. The molecule has 0 fully saturated rings. The Kier molecular flexibility index (Phi) is 3.01. The Morgan fingerprint density at radius 2 is 1.82 bits per heavy atom. The van der Waals surface area contributed by atoms with E-state index in [-0.39, 0.29) is 0 Å². The van der Waals surface area contributed by atoms with Gasteiger partial charge >= 0.3 is 0 Å². The molecule has 0 spiro atoms. The predicted octanol–water partition coefficient (Wildman–Crippen LogP) is 3.56. The van der Waals surface area contributed by atoms with Crippen LogP contribution in [0.5, 0.6) is 0 Å². The Bertz CT molecular complexity index is 966. The second-order valence-electron chi connectivity index (χ2n) is 4.94. The van der Waals surface area contributed by atoms with Crippen LogP contribution in [0.3, 0.4) is 0 Å². The molecule has 0 atom stereocenters. The summed E-state index contributed by atoms with van der Waals surface area (Å²) in [6, 6.07) is 16.1. The number of rotatable bonds is 3. The summed E-state index contributed by atoms with van der Waals surface area (Å²) >= 11 is 0. The molecule has 0 aliphatic heterocycles. The third-order valence-electron chi connectivity index (χ3n) is 3.57. The Hall–Kier alpha value is -3.21. The Morgan fingerprint density at radius 1 is 1.00 bits per heavy atom. The Morgan fingerprint density at radius 3 is 2.77 bits per heavy atom. The molecule has 0 aliphatic carbocycles. The van der Waals surface area contributed by atoms with E-state index in [4.69, 9.17) is 0 Å². The van der Waals surface area contributed by atoms with Crippen LogP contribution in [0.4, 0.5) is 5.82 Å². The predicted molar refractivity (Wildman–Crippen MR) is 89.1 cm³/mol. The number of aromatic amines is 1. The zero-order chi connectivity index (χ0) is 14.8. The minimum atomic E-state index is 0.647. The van der Waals surface area contributed by atoms with Crippen LogP contribution in [0.25, 0.3) is 21.7 Å². The summed E-state index contributed by atoms with van der Waals surface area (Å²) in [4.78, 5) is 3.22. The molecule has 0 unspecified atom stereocenters. The van der Waals surface area contributed by atoms with Crippen LogP contribution in [0, 0.1) is 0 Å². The lowest BCUT2D eigenvalue weighted by molar-refractivity contribution is 1.04. The van der Waals surface area contributed by atoms with Gasteiger partial charge in [-0.3, -0.25) is 5.43 Å². The second-order valence-corrected chi connectivity index (χ2v) is 4.94. The van der Waals surface area contributed by atoms with Gasteiger partial charge in [-0.2, -0.15) is 10.2 Å². The summed E-state index contributed by atoms with van der Waals surface area (Å²) in [5, 5.41) is 15.5. The zero-order valence-electron chi connectivity index (χ0n) is 11.7. The highest BCUT2D eigenvalue weighted by atomic mass is 15.3. The van der Waals surface area contributed by atoms with E-state index in [0.717, 1.165) is 27.2 Å². The van der Waals surface area contributed by atoms with Gasteiger partial charge in [0.25, 0.3) is 0 Å². The van der Waals surface area contributed by atoms with E-state index in [1.54, 1.807) is 12.4 Å². The number of para-hydroxylation sites is 1. The number of hydrogen-bond donors (Lipinski definition) is 2. The van der Waals surface area contributed by atoms with Crippen molar-refractivity contribution >= 4 is 33.7 Å². The van der Waals surface area contributed by atoms with Gasteiger partial charge in [0.15, 0.2) is 5.82 Å². The summed E-state index contributed by atoms with van der Waals surface area (Å²) in [7, 11) is 0. The number of fused-ring (bicyclic) bond motifs is 2. The second kappa shape index (κ2) is 5.29. The first kappa shape index (κ1) is 12.5. The van der Waals surface area contributed by atoms with Crippen LogP contribution < -0.4 is 5.43 Å². The van der Waals surface area contributed by atoms with E-state index in [9.17, 15) is 0 Å². The summed E-state index contributed by atoms with van der Waals surface area (Å²) in [6.07, 6.45) is 5.46. The molecular weight excluding hydrogens is 274 g/mol. The number of nitrogens with zero attached hydrogens (tertiary/aromatic N) is 3. The maximum Gasteiger partial charge on any atom is 0.176 e. The SMILES string of the molecule is C(=N/Nc1nncc2ccccc12)/c1c[nH]c2ccccc12. The Balaban J connectivity index is 1.64. The standard InChI is InChI=1S/C17H13N5/c1-2-7-15-12(5-1)10-19-21-17(15)22-20-11-13-9-18-16-8-4-3-6-14(13)16/h1-11,18H,(H,21,22)/b20-11-. The van der Waals surface area contributed by atoms with E-state index in [0.29, 0.717) is 5.82 Å². The molecule has 2 aromatic heterocycles. The highest BCUT2D eigenvalue weighted by Crippen LogP contribution is 2.19. The average molecular weight is 287 g/mol. The minimum Gasteiger partial charge on any atom is -0.361 e. The van der Waals surface area contributed by atoms with Crippen molar-refractivity contribution in [3.63, 3.8) is 0 Å². The van der Waals surface area contributed by atoms with Crippen molar-refractivity contribution < 1.29 is 0 Å². The average Bonchev–Trinajstić information content (AvgIpc) is 2.99. The van der Waals surface area contributed by atoms with Gasteiger partial charge in [-0.1, -0.05) is 42.5 Å². The quantitative estimate of drug-likeness (QED) is 0.447. The summed E-state index contributed by atoms with van der Waals surface area (Å²) in [5.41, 5.74) is 5.09. The third kappa shape index (κ3) is 2.18. The first-order chi connectivity index (χ1) is 10.9. The van der Waals surface area contributed by atoms with Crippen LogP contribution in [0.2, 0.25) is 0 Å². The maximum atomic E-state index is 4.29. The van der Waals surface area contributed by atoms with Gasteiger partial charge in [0, 0.05) is 33.4 Å². The molecule has 0 radical (unpaired) electrons. The minimum absolute atomic E-state index is 0.647. The van der Waals surface area contributed by atoms with Crippen LogP contribution in [0.1, 0.15) is 5.56 Å². The molecule has 106 valence electrons. The summed E-state index contributed by atoms with van der Waals surface area (Å²) in [6.45, 7) is 0. The normalized spacial score (nSPS) is 11.5. The molecule has 2 N–H and O–H groups in total. The van der Waals surface area contributed by atoms with Crippen LogP contribution in [-0.2, 0) is 0 Å². The highest BCUT2D eigenvalue weighted by molar-refractivity contribution is 5.99. The van der Waals surface area contributed by atoms with E-state index in [1.807, 2.05) is 48.7 Å². The largest absolute Gasteiger partial charge is 0.361 e. The highest BCUT2D eigenvalue weighted by Gasteiger charge is 2.02. The lowest BCUT2D eigenvalue weighted by atomic mass is 10.2. The number of benzene rings is 2. The number of nitrogens with one attached hydrogen (secondary N) is 2. The lowest BCUT2D eigenvalue weighted by Crippen LogP contribution is -1.96. The molecule has 5 nitrogen and oxygen atoms in total. The molecule has 0 saturated carbocycles. The van der Waals surface area contributed by atoms with Crippen molar-refractivity contribution in [2.24, 2.45) is 5.10 Å². The first-order valence-corrected chi connectivity index (χ1v) is 6.97. The van der Waals surface area contributed by atoms with E-state index < -0.39 is 0 Å². The van der Waals surface area contributed by atoms with Crippen molar-refractivity contribution in [1.82, 2.24) is 15.2 Å². The van der Waals surface area contributed by atoms with Gasteiger partial charge in [0.05, 0.1) is 12.4 Å². The molecule has 2 aromatic carbocycles. The molecule has 0 bridgehead atoms. The number of hydrazone groups is 1. The molecule has 4 aromatic rings. The van der Waals surface area contributed by atoms with Gasteiger partial charge in [-0.05, 0) is 6.07 Å². The van der Waals surface area contributed by atoms with Crippen molar-refractivity contribution in [3.05, 3.63) is 66.5 Å². The molecule has 22 heavy (non-hydrogen) atoms.